The number of hydrogen-bond donors (Lipinski definition) is 3. The first-order chi connectivity index (χ1) is 15.3. The van der Waals surface area contributed by atoms with Crippen LogP contribution in [0.3, 0.4) is 0 Å². The number of nitrogens with one attached hydrogen (secondary N) is 1. The van der Waals surface area contributed by atoms with Crippen molar-refractivity contribution in [3.8, 4) is 5.75 Å². The lowest BCUT2D eigenvalue weighted by Crippen LogP contribution is -2.28. The van der Waals surface area contributed by atoms with Gasteiger partial charge in [0.05, 0.1) is 23.4 Å². The second kappa shape index (κ2) is 9.02. The molecule has 0 amide bonds. The normalized spacial score (nSPS) is 17.6. The van der Waals surface area contributed by atoms with E-state index in [0.29, 0.717) is 34.8 Å². The highest BCUT2D eigenvalue weighted by molar-refractivity contribution is 5.81. The molecule has 2 aromatic rings. The van der Waals surface area contributed by atoms with Gasteiger partial charge in [-0.15, -0.1) is 0 Å². The third kappa shape index (κ3) is 5.10. The molecule has 7 heteroatoms. The Morgan fingerprint density at radius 1 is 1.25 bits per heavy atom. The molecular weight excluding hydrogens is 404 g/mol. The molecule has 32 heavy (non-hydrogen) atoms. The van der Waals surface area contributed by atoms with E-state index in [1.807, 2.05) is 24.3 Å². The van der Waals surface area contributed by atoms with Crippen LogP contribution in [0, 0.1) is 5.92 Å². The topological polar surface area (TPSA) is 110 Å². The summed E-state index contributed by atoms with van der Waals surface area (Å²) in [5, 5.41) is 12.7. The quantitative estimate of drug-likeness (QED) is 0.387. The summed E-state index contributed by atoms with van der Waals surface area (Å²) in [5.41, 5.74) is 7.63. The Morgan fingerprint density at radius 2 is 2.03 bits per heavy atom. The lowest BCUT2D eigenvalue weighted by Gasteiger charge is -2.27. The maximum absolute atomic E-state index is 11.6. The molecule has 2 aliphatic carbocycles. The molecule has 0 bridgehead atoms. The Kier molecular flexibility index (Phi) is 6.17. The van der Waals surface area contributed by atoms with Crippen molar-refractivity contribution in [1.82, 2.24) is 4.98 Å². The van der Waals surface area contributed by atoms with Gasteiger partial charge in [-0.3, -0.25) is 9.79 Å². The zero-order valence-corrected chi connectivity index (χ0v) is 18.5. The van der Waals surface area contributed by atoms with E-state index in [-0.39, 0.29) is 0 Å². The van der Waals surface area contributed by atoms with Crippen molar-refractivity contribution < 1.29 is 14.6 Å². The van der Waals surface area contributed by atoms with Crippen LogP contribution in [0.2, 0.25) is 0 Å². The number of hydrogen-bond acceptors (Lipinski definition) is 6. The van der Waals surface area contributed by atoms with E-state index in [9.17, 15) is 9.90 Å². The molecule has 7 nitrogen and oxygen atoms in total. The number of rotatable bonds is 9. The van der Waals surface area contributed by atoms with Gasteiger partial charge >= 0.3 is 5.97 Å². The third-order valence-electron chi connectivity index (χ3n) is 6.13. The van der Waals surface area contributed by atoms with E-state index in [2.05, 4.69) is 15.3 Å². The molecule has 2 aliphatic rings. The van der Waals surface area contributed by atoms with Crippen LogP contribution in [0.4, 0.5) is 11.5 Å². The number of anilines is 2. The minimum atomic E-state index is -0.990. The van der Waals surface area contributed by atoms with Gasteiger partial charge in [0, 0.05) is 23.9 Å². The van der Waals surface area contributed by atoms with Crippen molar-refractivity contribution in [2.24, 2.45) is 16.6 Å². The summed E-state index contributed by atoms with van der Waals surface area (Å²) in [4.78, 5) is 20.5. The van der Waals surface area contributed by atoms with Crippen molar-refractivity contribution in [3.63, 3.8) is 0 Å². The summed E-state index contributed by atoms with van der Waals surface area (Å²) >= 11 is 0. The van der Waals surface area contributed by atoms with Gasteiger partial charge in [0.15, 0.2) is 5.76 Å². The Balaban J connectivity index is 1.52. The van der Waals surface area contributed by atoms with Gasteiger partial charge < -0.3 is 20.9 Å². The van der Waals surface area contributed by atoms with Crippen molar-refractivity contribution in [3.05, 3.63) is 59.6 Å². The van der Waals surface area contributed by atoms with Gasteiger partial charge in [-0.1, -0.05) is 18.6 Å². The molecule has 4 N–H and O–H groups in total. The molecule has 1 aromatic heterocycles. The van der Waals surface area contributed by atoms with E-state index < -0.39 is 11.4 Å². The maximum Gasteiger partial charge on any atom is 0.313 e. The highest BCUT2D eigenvalue weighted by atomic mass is 16.5. The highest BCUT2D eigenvalue weighted by Crippen LogP contribution is 2.33. The molecule has 0 radical (unpaired) electrons. The van der Waals surface area contributed by atoms with Crippen LogP contribution in [0.5, 0.6) is 5.75 Å². The number of carbonyl (C=O) groups is 1. The molecule has 1 aromatic carbocycles. The fourth-order valence-corrected chi connectivity index (χ4v) is 3.40. The van der Waals surface area contributed by atoms with Gasteiger partial charge in [0.2, 0.25) is 0 Å². The predicted octanol–water partition coefficient (Wildman–Crippen LogP) is 4.77. The molecule has 1 heterocycles. The Hall–Kier alpha value is -3.35. The van der Waals surface area contributed by atoms with Gasteiger partial charge in [-0.25, -0.2) is 4.98 Å². The van der Waals surface area contributed by atoms with E-state index in [1.165, 1.54) is 6.42 Å². The lowest BCUT2D eigenvalue weighted by molar-refractivity contribution is -0.142. The molecule has 0 saturated heterocycles. The monoisotopic (exact) mass is 434 g/mol. The standard InChI is InChI=1S/C25H30N4O3/c1-25(2,24(30)31)17-7-4-8-19(13-17)29-22-14-20(11-12-27-22)32-21(15-28-18-9-10-18)23(26)16-5-3-6-16/h4,7-8,11-16,18H,3,5-6,9-10,26H2,1-2H3,(H,27,29)(H,30,31)/b23-21+,28-15?. The fourth-order valence-electron chi connectivity index (χ4n) is 3.40. The smallest absolute Gasteiger partial charge is 0.313 e. The second-order valence-electron chi connectivity index (χ2n) is 9.07. The summed E-state index contributed by atoms with van der Waals surface area (Å²) < 4.78 is 6.15. The van der Waals surface area contributed by atoms with E-state index >= 15 is 0 Å². The van der Waals surface area contributed by atoms with Crippen molar-refractivity contribution in [2.45, 2.75) is 57.4 Å². The number of nitrogens with two attached hydrogens (primary N) is 1. The fraction of sp³-hybridized carbons (Fsp3) is 0.400. The zero-order valence-electron chi connectivity index (χ0n) is 18.5. The molecule has 0 unspecified atom stereocenters. The molecule has 0 atom stereocenters. The first kappa shape index (κ1) is 21.9. The number of aliphatic imine (C=N–C) groups is 1. The van der Waals surface area contributed by atoms with Crippen LogP contribution in [0.1, 0.15) is 51.5 Å². The Bertz CT molecular complexity index is 1050. The number of carboxylic acid groups (broad SMARTS) is 1. The highest BCUT2D eigenvalue weighted by Gasteiger charge is 2.29. The van der Waals surface area contributed by atoms with Crippen LogP contribution < -0.4 is 15.8 Å². The number of carboxylic acids is 1. The predicted molar refractivity (Wildman–Crippen MR) is 125 cm³/mol. The summed E-state index contributed by atoms with van der Waals surface area (Å²) in [6.45, 7) is 3.37. The molecule has 0 spiro atoms. The van der Waals surface area contributed by atoms with Gasteiger partial charge in [-0.05, 0) is 63.3 Å². The Labute approximate surface area is 188 Å². The number of benzene rings is 1. The molecule has 168 valence electrons. The third-order valence-corrected chi connectivity index (χ3v) is 6.13. The molecule has 2 saturated carbocycles. The number of pyridine rings is 1. The van der Waals surface area contributed by atoms with E-state index in [0.717, 1.165) is 37.1 Å². The number of nitrogens with zero attached hydrogens (tertiary/aromatic N) is 2. The summed E-state index contributed by atoms with van der Waals surface area (Å²) in [7, 11) is 0. The van der Waals surface area contributed by atoms with Crippen LogP contribution in [0.25, 0.3) is 0 Å². The molecule has 4 rings (SSSR count). The average Bonchev–Trinajstić information content (AvgIpc) is 3.54. The van der Waals surface area contributed by atoms with E-state index in [1.54, 1.807) is 38.4 Å². The molecular formula is C25H30N4O3. The first-order valence-electron chi connectivity index (χ1n) is 11.1. The number of ether oxygens (including phenoxy) is 1. The maximum atomic E-state index is 11.6. The molecule has 0 aliphatic heterocycles. The minimum absolute atomic E-state index is 0.357. The van der Waals surface area contributed by atoms with Crippen molar-refractivity contribution >= 4 is 23.7 Å². The van der Waals surface area contributed by atoms with Gasteiger partial charge in [0.25, 0.3) is 0 Å². The summed E-state index contributed by atoms with van der Waals surface area (Å²) in [5.74, 6) is 1.30. The van der Waals surface area contributed by atoms with Crippen LogP contribution >= 0.6 is 0 Å². The second-order valence-corrected chi connectivity index (χ2v) is 9.07. The average molecular weight is 435 g/mol. The van der Waals surface area contributed by atoms with E-state index in [4.69, 9.17) is 10.5 Å². The van der Waals surface area contributed by atoms with Crippen LogP contribution in [-0.4, -0.2) is 28.3 Å². The first-order valence-corrected chi connectivity index (χ1v) is 11.1. The lowest BCUT2D eigenvalue weighted by atomic mass is 9.82. The SMILES string of the molecule is CC(C)(C(=O)O)c1cccc(Nc2cc(O/C(C=NC3CC3)=C(/N)C3CCC3)ccn2)c1. The van der Waals surface area contributed by atoms with Crippen molar-refractivity contribution in [2.75, 3.05) is 5.32 Å². The number of aromatic nitrogens is 1. The minimum Gasteiger partial charge on any atom is -0.481 e. The van der Waals surface area contributed by atoms with Crippen LogP contribution in [0.15, 0.2) is 59.0 Å². The zero-order chi connectivity index (χ0) is 22.7. The number of aliphatic carboxylic acids is 1. The Morgan fingerprint density at radius 3 is 2.69 bits per heavy atom. The summed E-state index contributed by atoms with van der Waals surface area (Å²) in [6, 6.07) is 11.3. The van der Waals surface area contributed by atoms with Gasteiger partial charge in [-0.2, -0.15) is 0 Å². The van der Waals surface area contributed by atoms with Gasteiger partial charge in [0.1, 0.15) is 11.6 Å². The number of allylic oxidation sites excluding steroid dienone is 2. The van der Waals surface area contributed by atoms with Crippen molar-refractivity contribution in [1.29, 1.82) is 0 Å². The molecule has 2 fully saturated rings. The largest absolute Gasteiger partial charge is 0.481 e. The summed E-state index contributed by atoms with van der Waals surface area (Å²) in [6.07, 6.45) is 9.04. The van der Waals surface area contributed by atoms with Crippen LogP contribution in [-0.2, 0) is 10.2 Å².